The normalized spacial score (nSPS) is 13.4. The van der Waals surface area contributed by atoms with Gasteiger partial charge in [0.15, 0.2) is 5.82 Å². The molecule has 33 heavy (non-hydrogen) atoms. The lowest BCUT2D eigenvalue weighted by atomic mass is 9.80. The molecular formula is C31H24N2. The molecule has 0 unspecified atom stereocenters. The van der Waals surface area contributed by atoms with Gasteiger partial charge in [0.2, 0.25) is 0 Å². The monoisotopic (exact) mass is 424 g/mol. The van der Waals surface area contributed by atoms with Crippen LogP contribution in [0, 0.1) is 0 Å². The number of nitrogens with zero attached hydrogens (tertiary/aromatic N) is 2. The van der Waals surface area contributed by atoms with Crippen LogP contribution in [0.1, 0.15) is 25.0 Å². The first-order valence-electron chi connectivity index (χ1n) is 11.4. The van der Waals surface area contributed by atoms with Crippen molar-refractivity contribution in [2.75, 3.05) is 0 Å². The summed E-state index contributed by atoms with van der Waals surface area (Å²) in [6.07, 6.45) is 0. The summed E-state index contributed by atoms with van der Waals surface area (Å²) in [6, 6.07) is 38.1. The van der Waals surface area contributed by atoms with Crippen LogP contribution in [0.4, 0.5) is 0 Å². The van der Waals surface area contributed by atoms with Crippen molar-refractivity contribution in [2.45, 2.75) is 19.3 Å². The minimum Gasteiger partial charge on any atom is -0.228 e. The van der Waals surface area contributed by atoms with Crippen molar-refractivity contribution in [1.29, 1.82) is 0 Å². The van der Waals surface area contributed by atoms with Crippen molar-refractivity contribution in [3.05, 3.63) is 120 Å². The van der Waals surface area contributed by atoms with Crippen LogP contribution in [0.15, 0.2) is 109 Å². The second-order valence-electron chi connectivity index (χ2n) is 9.09. The molecule has 158 valence electrons. The van der Waals surface area contributed by atoms with Gasteiger partial charge in [-0.3, -0.25) is 0 Å². The van der Waals surface area contributed by atoms with Crippen LogP contribution in [-0.2, 0) is 5.41 Å². The number of hydrogen-bond donors (Lipinski definition) is 0. The van der Waals surface area contributed by atoms with Crippen LogP contribution < -0.4 is 0 Å². The van der Waals surface area contributed by atoms with Gasteiger partial charge in [-0.15, -0.1) is 0 Å². The third-order valence-electron chi connectivity index (χ3n) is 6.69. The number of fused-ring (bicyclic) bond motifs is 3. The summed E-state index contributed by atoms with van der Waals surface area (Å²) in [6.45, 7) is 4.61. The first-order valence-corrected chi connectivity index (χ1v) is 11.4. The molecule has 0 saturated heterocycles. The zero-order chi connectivity index (χ0) is 22.4. The standard InChI is InChI=1S/C31H24N2/c1-31(2)26-19-10-9-16-23(26)24-17-11-18-25(29(24)31)30-32-27(21-12-5-3-6-13-21)20-28(33-30)22-14-7-4-8-15-22/h3-20H,1-2H3. The molecule has 2 nitrogen and oxygen atoms in total. The van der Waals surface area contributed by atoms with Crippen molar-refractivity contribution < 1.29 is 0 Å². The van der Waals surface area contributed by atoms with Gasteiger partial charge in [-0.05, 0) is 28.3 Å². The lowest BCUT2D eigenvalue weighted by Gasteiger charge is -2.24. The molecule has 0 radical (unpaired) electrons. The van der Waals surface area contributed by atoms with Crippen molar-refractivity contribution in [1.82, 2.24) is 9.97 Å². The first kappa shape index (κ1) is 19.6. The molecule has 1 aliphatic carbocycles. The number of benzene rings is 4. The summed E-state index contributed by atoms with van der Waals surface area (Å²) < 4.78 is 0. The van der Waals surface area contributed by atoms with Crippen molar-refractivity contribution in [3.8, 4) is 45.0 Å². The van der Waals surface area contributed by atoms with E-state index in [1.165, 1.54) is 22.3 Å². The summed E-state index contributed by atoms with van der Waals surface area (Å²) >= 11 is 0. The second kappa shape index (κ2) is 7.53. The average Bonchev–Trinajstić information content (AvgIpc) is 3.12. The third kappa shape index (κ3) is 3.18. The van der Waals surface area contributed by atoms with Crippen molar-refractivity contribution in [2.24, 2.45) is 0 Å². The minimum absolute atomic E-state index is 0.123. The van der Waals surface area contributed by atoms with E-state index < -0.39 is 0 Å². The Morgan fingerprint density at radius 3 is 1.67 bits per heavy atom. The molecule has 0 bridgehead atoms. The molecule has 1 aromatic heterocycles. The minimum atomic E-state index is -0.123. The predicted octanol–water partition coefficient (Wildman–Crippen LogP) is 7.78. The van der Waals surface area contributed by atoms with Gasteiger partial charge in [0, 0.05) is 22.1 Å². The highest BCUT2D eigenvalue weighted by Crippen LogP contribution is 2.51. The zero-order valence-electron chi connectivity index (χ0n) is 18.8. The first-order chi connectivity index (χ1) is 16.1. The van der Waals surface area contributed by atoms with E-state index >= 15 is 0 Å². The van der Waals surface area contributed by atoms with Gasteiger partial charge in [-0.1, -0.05) is 117 Å². The van der Waals surface area contributed by atoms with Gasteiger partial charge in [0.25, 0.3) is 0 Å². The van der Waals surface area contributed by atoms with Crippen LogP contribution in [0.25, 0.3) is 45.0 Å². The van der Waals surface area contributed by atoms with Crippen LogP contribution in [0.2, 0.25) is 0 Å². The predicted molar refractivity (Wildman–Crippen MR) is 136 cm³/mol. The smallest absolute Gasteiger partial charge is 0.160 e. The Bertz CT molecular complexity index is 1410. The molecule has 1 heterocycles. The Morgan fingerprint density at radius 1 is 0.515 bits per heavy atom. The number of hydrogen-bond acceptors (Lipinski definition) is 2. The largest absolute Gasteiger partial charge is 0.228 e. The van der Waals surface area contributed by atoms with E-state index in [0.717, 1.165) is 33.9 Å². The molecule has 4 aromatic carbocycles. The molecule has 0 spiro atoms. The summed E-state index contributed by atoms with van der Waals surface area (Å²) in [5.41, 5.74) is 10.3. The Hall–Kier alpha value is -4.04. The Labute approximate surface area is 194 Å². The zero-order valence-corrected chi connectivity index (χ0v) is 18.8. The number of rotatable bonds is 3. The molecule has 6 rings (SSSR count). The fourth-order valence-electron chi connectivity index (χ4n) is 5.12. The number of aromatic nitrogens is 2. The van der Waals surface area contributed by atoms with E-state index in [1.54, 1.807) is 0 Å². The van der Waals surface area contributed by atoms with E-state index in [1.807, 2.05) is 12.1 Å². The van der Waals surface area contributed by atoms with Crippen LogP contribution in [0.5, 0.6) is 0 Å². The van der Waals surface area contributed by atoms with Crippen molar-refractivity contribution in [3.63, 3.8) is 0 Å². The molecule has 5 aromatic rings. The highest BCUT2D eigenvalue weighted by molar-refractivity contribution is 5.87. The van der Waals surface area contributed by atoms with Gasteiger partial charge in [0.1, 0.15) is 0 Å². The maximum absolute atomic E-state index is 5.09. The fraction of sp³-hybridized carbons (Fsp3) is 0.0968. The molecule has 1 aliphatic rings. The van der Waals surface area contributed by atoms with E-state index in [4.69, 9.17) is 9.97 Å². The Morgan fingerprint density at radius 2 is 1.03 bits per heavy atom. The van der Waals surface area contributed by atoms with Gasteiger partial charge >= 0.3 is 0 Å². The molecule has 0 atom stereocenters. The fourth-order valence-corrected chi connectivity index (χ4v) is 5.12. The summed E-state index contributed by atoms with van der Waals surface area (Å²) in [5, 5.41) is 0. The maximum atomic E-state index is 5.09. The summed E-state index contributed by atoms with van der Waals surface area (Å²) in [5.74, 6) is 0.771. The van der Waals surface area contributed by atoms with Gasteiger partial charge in [0.05, 0.1) is 11.4 Å². The lowest BCUT2D eigenvalue weighted by molar-refractivity contribution is 0.661. The highest BCUT2D eigenvalue weighted by atomic mass is 14.9. The molecule has 0 fully saturated rings. The second-order valence-corrected chi connectivity index (χ2v) is 9.09. The van der Waals surface area contributed by atoms with E-state index in [9.17, 15) is 0 Å². The van der Waals surface area contributed by atoms with Crippen molar-refractivity contribution >= 4 is 0 Å². The Kier molecular flexibility index (Phi) is 4.48. The maximum Gasteiger partial charge on any atom is 0.160 e. The van der Waals surface area contributed by atoms with Crippen LogP contribution in [-0.4, -0.2) is 9.97 Å². The molecule has 2 heteroatoms. The van der Waals surface area contributed by atoms with E-state index in [-0.39, 0.29) is 5.41 Å². The van der Waals surface area contributed by atoms with E-state index in [0.29, 0.717) is 0 Å². The molecule has 0 N–H and O–H groups in total. The lowest BCUT2D eigenvalue weighted by Crippen LogP contribution is -2.16. The van der Waals surface area contributed by atoms with Crippen LogP contribution in [0.3, 0.4) is 0 Å². The van der Waals surface area contributed by atoms with Gasteiger partial charge < -0.3 is 0 Å². The molecular weight excluding hydrogens is 400 g/mol. The summed E-state index contributed by atoms with van der Waals surface area (Å²) in [4.78, 5) is 10.2. The third-order valence-corrected chi connectivity index (χ3v) is 6.69. The van der Waals surface area contributed by atoms with E-state index in [2.05, 4.69) is 111 Å². The topological polar surface area (TPSA) is 25.8 Å². The molecule has 0 amide bonds. The SMILES string of the molecule is CC1(C)c2ccccc2-c2cccc(-c3nc(-c4ccccc4)cc(-c4ccccc4)n3)c21. The Balaban J connectivity index is 1.62. The van der Waals surface area contributed by atoms with Gasteiger partial charge in [-0.2, -0.15) is 0 Å². The molecule has 0 aliphatic heterocycles. The molecule has 0 saturated carbocycles. The van der Waals surface area contributed by atoms with Crippen LogP contribution >= 0.6 is 0 Å². The quantitative estimate of drug-likeness (QED) is 0.295. The van der Waals surface area contributed by atoms with Gasteiger partial charge in [-0.25, -0.2) is 9.97 Å². The summed E-state index contributed by atoms with van der Waals surface area (Å²) in [7, 11) is 0. The highest BCUT2D eigenvalue weighted by Gasteiger charge is 2.37. The average molecular weight is 425 g/mol.